The molecule has 1 N–H and O–H groups in total. The summed E-state index contributed by atoms with van der Waals surface area (Å²) in [5, 5.41) is 3.67. The number of ether oxygens (including phenoxy) is 1. The minimum absolute atomic E-state index is 0.318. The number of alkyl carbamates (subject to hydrolysis) is 1. The van der Waals surface area contributed by atoms with Crippen LogP contribution in [0.5, 0.6) is 0 Å². The number of pyridine rings is 1. The summed E-state index contributed by atoms with van der Waals surface area (Å²) in [7, 11) is 0. The standard InChI is InChI=1S/C19H25N3O3/c1-6-7-10-22-15(12-23)11-14-8-9-16(21-17(14)22)13(2)20-18(24)25-19(3,4)5/h6,8-9,11-13H,1,7,10H2,2-5H3,(H,20,24)/t13-/m1/s1. The maximum Gasteiger partial charge on any atom is 0.408 e. The van der Waals surface area contributed by atoms with Gasteiger partial charge in [-0.3, -0.25) is 4.79 Å². The number of hydrogen-bond acceptors (Lipinski definition) is 4. The van der Waals surface area contributed by atoms with Crippen LogP contribution in [-0.2, 0) is 11.3 Å². The van der Waals surface area contributed by atoms with E-state index in [1.165, 1.54) is 0 Å². The molecule has 0 aromatic carbocycles. The highest BCUT2D eigenvalue weighted by Crippen LogP contribution is 2.21. The second-order valence-electron chi connectivity index (χ2n) is 6.93. The summed E-state index contributed by atoms with van der Waals surface area (Å²) in [4.78, 5) is 27.9. The summed E-state index contributed by atoms with van der Waals surface area (Å²) in [6, 6.07) is 5.24. The fraction of sp³-hybridized carbons (Fsp3) is 0.421. The lowest BCUT2D eigenvalue weighted by molar-refractivity contribution is 0.0507. The van der Waals surface area contributed by atoms with Gasteiger partial charge in [-0.2, -0.15) is 0 Å². The zero-order chi connectivity index (χ0) is 18.6. The van der Waals surface area contributed by atoms with Crippen LogP contribution in [0.15, 0.2) is 30.9 Å². The van der Waals surface area contributed by atoms with Gasteiger partial charge in [-0.1, -0.05) is 6.08 Å². The van der Waals surface area contributed by atoms with E-state index in [-0.39, 0.29) is 6.04 Å². The molecule has 6 nitrogen and oxygen atoms in total. The molecule has 0 fully saturated rings. The van der Waals surface area contributed by atoms with E-state index in [9.17, 15) is 9.59 Å². The topological polar surface area (TPSA) is 73.2 Å². The maximum atomic E-state index is 11.9. The molecular formula is C19H25N3O3. The molecule has 0 bridgehead atoms. The number of hydrogen-bond donors (Lipinski definition) is 1. The summed E-state index contributed by atoms with van der Waals surface area (Å²) in [5.41, 5.74) is 1.45. The van der Waals surface area contributed by atoms with Crippen molar-refractivity contribution in [1.82, 2.24) is 14.9 Å². The van der Waals surface area contributed by atoms with Crippen molar-refractivity contribution in [3.05, 3.63) is 42.2 Å². The van der Waals surface area contributed by atoms with Crippen molar-refractivity contribution in [3.8, 4) is 0 Å². The van der Waals surface area contributed by atoms with E-state index in [1.54, 1.807) is 6.08 Å². The predicted octanol–water partition coefficient (Wildman–Crippen LogP) is 4.01. The Labute approximate surface area is 147 Å². The Kier molecular flexibility index (Phi) is 5.62. The van der Waals surface area contributed by atoms with E-state index in [2.05, 4.69) is 16.9 Å². The first kappa shape index (κ1) is 18.7. The first-order chi connectivity index (χ1) is 11.7. The van der Waals surface area contributed by atoms with Gasteiger partial charge in [0.15, 0.2) is 6.29 Å². The van der Waals surface area contributed by atoms with Crippen LogP contribution in [0.25, 0.3) is 11.0 Å². The second-order valence-corrected chi connectivity index (χ2v) is 6.93. The van der Waals surface area contributed by atoms with Crippen molar-refractivity contribution in [1.29, 1.82) is 0 Å². The average molecular weight is 343 g/mol. The molecule has 134 valence electrons. The van der Waals surface area contributed by atoms with Crippen LogP contribution in [0.2, 0.25) is 0 Å². The van der Waals surface area contributed by atoms with Crippen LogP contribution in [0, 0.1) is 0 Å². The number of carbonyl (C=O) groups is 2. The smallest absolute Gasteiger partial charge is 0.408 e. The molecule has 1 atom stereocenters. The van der Waals surface area contributed by atoms with Gasteiger partial charge in [-0.25, -0.2) is 9.78 Å². The second kappa shape index (κ2) is 7.51. The monoisotopic (exact) mass is 343 g/mol. The van der Waals surface area contributed by atoms with E-state index < -0.39 is 11.7 Å². The molecule has 0 aliphatic heterocycles. The van der Waals surface area contributed by atoms with Gasteiger partial charge in [0.05, 0.1) is 17.4 Å². The summed E-state index contributed by atoms with van der Waals surface area (Å²) >= 11 is 0. The van der Waals surface area contributed by atoms with E-state index in [4.69, 9.17) is 4.74 Å². The quantitative estimate of drug-likeness (QED) is 0.635. The number of carbonyl (C=O) groups excluding carboxylic acids is 2. The van der Waals surface area contributed by atoms with Crippen molar-refractivity contribution >= 4 is 23.4 Å². The molecule has 6 heteroatoms. The number of allylic oxidation sites excluding steroid dienone is 1. The van der Waals surface area contributed by atoms with Crippen LogP contribution in [-0.4, -0.2) is 27.5 Å². The number of nitrogens with one attached hydrogen (secondary N) is 1. The van der Waals surface area contributed by atoms with Crippen molar-refractivity contribution in [2.75, 3.05) is 0 Å². The Balaban J connectivity index is 2.28. The van der Waals surface area contributed by atoms with Crippen LogP contribution in [0.3, 0.4) is 0 Å². The van der Waals surface area contributed by atoms with Crippen molar-refractivity contribution in [2.45, 2.75) is 52.3 Å². The molecule has 0 saturated heterocycles. The molecule has 0 spiro atoms. The lowest BCUT2D eigenvalue weighted by Crippen LogP contribution is -2.34. The van der Waals surface area contributed by atoms with E-state index in [1.807, 2.05) is 50.5 Å². The van der Waals surface area contributed by atoms with E-state index >= 15 is 0 Å². The fourth-order valence-corrected chi connectivity index (χ4v) is 2.51. The first-order valence-electron chi connectivity index (χ1n) is 8.31. The molecule has 2 rings (SSSR count). The van der Waals surface area contributed by atoms with Gasteiger partial charge in [0.1, 0.15) is 11.2 Å². The Bertz CT molecular complexity index is 787. The number of nitrogens with zero attached hydrogens (tertiary/aromatic N) is 2. The molecule has 0 radical (unpaired) electrons. The van der Waals surface area contributed by atoms with Gasteiger partial charge in [0.2, 0.25) is 0 Å². The molecule has 0 saturated carbocycles. The zero-order valence-electron chi connectivity index (χ0n) is 15.2. The molecular weight excluding hydrogens is 318 g/mol. The number of amides is 1. The normalized spacial score (nSPS) is 12.6. The Morgan fingerprint density at radius 2 is 2.16 bits per heavy atom. The van der Waals surface area contributed by atoms with Gasteiger partial charge in [-0.15, -0.1) is 6.58 Å². The highest BCUT2D eigenvalue weighted by atomic mass is 16.6. The highest BCUT2D eigenvalue weighted by molar-refractivity contribution is 5.86. The van der Waals surface area contributed by atoms with Gasteiger partial charge in [0.25, 0.3) is 0 Å². The first-order valence-corrected chi connectivity index (χ1v) is 8.31. The zero-order valence-corrected chi connectivity index (χ0v) is 15.2. The molecule has 0 aliphatic carbocycles. The average Bonchev–Trinajstić information content (AvgIpc) is 2.87. The third kappa shape index (κ3) is 4.68. The molecule has 2 aromatic heterocycles. The Morgan fingerprint density at radius 1 is 1.44 bits per heavy atom. The number of rotatable bonds is 6. The minimum atomic E-state index is -0.556. The summed E-state index contributed by atoms with van der Waals surface area (Å²) in [6.45, 7) is 11.6. The van der Waals surface area contributed by atoms with Gasteiger partial charge < -0.3 is 14.6 Å². The van der Waals surface area contributed by atoms with Crippen molar-refractivity contribution in [3.63, 3.8) is 0 Å². The molecule has 2 heterocycles. The minimum Gasteiger partial charge on any atom is -0.444 e. The van der Waals surface area contributed by atoms with E-state index in [0.717, 1.165) is 23.7 Å². The Hall–Kier alpha value is -2.63. The molecule has 2 aromatic rings. The molecule has 25 heavy (non-hydrogen) atoms. The third-order valence-electron chi connectivity index (χ3n) is 3.65. The van der Waals surface area contributed by atoms with E-state index in [0.29, 0.717) is 17.9 Å². The van der Waals surface area contributed by atoms with Crippen molar-refractivity contribution in [2.24, 2.45) is 0 Å². The van der Waals surface area contributed by atoms with Gasteiger partial charge >= 0.3 is 6.09 Å². The molecule has 0 aliphatic rings. The third-order valence-corrected chi connectivity index (χ3v) is 3.65. The fourth-order valence-electron chi connectivity index (χ4n) is 2.51. The molecule has 1 amide bonds. The van der Waals surface area contributed by atoms with Crippen molar-refractivity contribution < 1.29 is 14.3 Å². The lowest BCUT2D eigenvalue weighted by Gasteiger charge is -2.21. The maximum absolute atomic E-state index is 11.9. The van der Waals surface area contributed by atoms with Crippen LogP contribution in [0.1, 0.15) is 56.3 Å². The summed E-state index contributed by atoms with van der Waals surface area (Å²) in [6.07, 6.45) is 2.88. The molecule has 0 unspecified atom stereocenters. The van der Waals surface area contributed by atoms with Crippen LogP contribution >= 0.6 is 0 Å². The number of fused-ring (bicyclic) bond motifs is 1. The number of aromatic nitrogens is 2. The highest BCUT2D eigenvalue weighted by Gasteiger charge is 2.19. The SMILES string of the molecule is C=CCCn1c(C=O)cc2ccc([C@@H](C)NC(=O)OC(C)(C)C)nc21. The van der Waals surface area contributed by atoms with Crippen LogP contribution in [0.4, 0.5) is 4.79 Å². The van der Waals surface area contributed by atoms with Gasteiger partial charge in [0, 0.05) is 11.9 Å². The van der Waals surface area contributed by atoms with Crippen LogP contribution < -0.4 is 5.32 Å². The Morgan fingerprint density at radius 3 is 2.76 bits per heavy atom. The number of aryl methyl sites for hydroxylation is 1. The summed E-state index contributed by atoms with van der Waals surface area (Å²) < 4.78 is 7.14. The largest absolute Gasteiger partial charge is 0.444 e. The van der Waals surface area contributed by atoms with Gasteiger partial charge in [-0.05, 0) is 52.3 Å². The predicted molar refractivity (Wildman–Crippen MR) is 97.7 cm³/mol. The lowest BCUT2D eigenvalue weighted by atomic mass is 10.2. The summed E-state index contributed by atoms with van der Waals surface area (Å²) in [5.74, 6) is 0. The number of aldehydes is 1.